The summed E-state index contributed by atoms with van der Waals surface area (Å²) in [6.45, 7) is 0. The number of rotatable bonds is 5. The standard InChI is InChI=1S/C14H12N4O5/c1-23-12-7-9(6-11(13(12)19)18(21)22)8-16-17-14(20)10-2-4-15-5-3-10/h2-8,19H,1H3,(H,17,20)/p-1/b16-8-. The maximum absolute atomic E-state index is 11.8. The molecule has 1 heterocycles. The van der Waals surface area contributed by atoms with Crippen LogP contribution >= 0.6 is 0 Å². The lowest BCUT2D eigenvalue weighted by molar-refractivity contribution is -0.398. The fourth-order valence-electron chi connectivity index (χ4n) is 1.70. The number of aromatic nitrogens is 1. The molecular weight excluding hydrogens is 304 g/mol. The van der Waals surface area contributed by atoms with E-state index in [-0.39, 0.29) is 11.3 Å². The van der Waals surface area contributed by atoms with Gasteiger partial charge in [-0.15, -0.1) is 0 Å². The van der Waals surface area contributed by atoms with Gasteiger partial charge in [0.2, 0.25) is 0 Å². The van der Waals surface area contributed by atoms with E-state index in [9.17, 15) is 20.0 Å². The van der Waals surface area contributed by atoms with E-state index in [1.165, 1.54) is 43.9 Å². The summed E-state index contributed by atoms with van der Waals surface area (Å²) in [7, 11) is 1.23. The molecule has 1 amide bonds. The predicted molar refractivity (Wildman–Crippen MR) is 78.4 cm³/mol. The van der Waals surface area contributed by atoms with Crippen LogP contribution in [0, 0.1) is 10.1 Å². The van der Waals surface area contributed by atoms with Crippen LogP contribution in [0.25, 0.3) is 0 Å². The number of hydrazone groups is 1. The molecule has 0 aliphatic carbocycles. The van der Waals surface area contributed by atoms with E-state index < -0.39 is 22.3 Å². The van der Waals surface area contributed by atoms with E-state index in [1.54, 1.807) is 0 Å². The van der Waals surface area contributed by atoms with E-state index in [4.69, 9.17) is 4.74 Å². The third kappa shape index (κ3) is 3.79. The smallest absolute Gasteiger partial charge is 0.271 e. The lowest BCUT2D eigenvalue weighted by Crippen LogP contribution is -2.17. The van der Waals surface area contributed by atoms with Gasteiger partial charge in [-0.3, -0.25) is 19.9 Å². The maximum atomic E-state index is 11.8. The van der Waals surface area contributed by atoms with Crippen molar-refractivity contribution in [3.8, 4) is 11.5 Å². The molecule has 0 saturated heterocycles. The van der Waals surface area contributed by atoms with Crippen molar-refractivity contribution in [3.63, 3.8) is 0 Å². The van der Waals surface area contributed by atoms with Crippen LogP contribution in [0.4, 0.5) is 5.69 Å². The average molecular weight is 315 g/mol. The van der Waals surface area contributed by atoms with Gasteiger partial charge in [-0.2, -0.15) is 5.10 Å². The van der Waals surface area contributed by atoms with E-state index in [1.807, 2.05) is 0 Å². The van der Waals surface area contributed by atoms with Crippen molar-refractivity contribution in [2.75, 3.05) is 7.11 Å². The SMILES string of the molecule is COc1cc(/C=N\NC(=O)c2ccncc2)cc([N+](=O)[O-])c1[O-]. The Balaban J connectivity index is 2.18. The van der Waals surface area contributed by atoms with E-state index in [0.29, 0.717) is 5.56 Å². The zero-order chi connectivity index (χ0) is 16.8. The topological polar surface area (TPSA) is 130 Å². The second-order valence-electron chi connectivity index (χ2n) is 4.26. The maximum Gasteiger partial charge on any atom is 0.271 e. The lowest BCUT2D eigenvalue weighted by Gasteiger charge is -2.12. The summed E-state index contributed by atoms with van der Waals surface area (Å²) in [5.41, 5.74) is 2.23. The number of nitro groups is 1. The Morgan fingerprint density at radius 3 is 2.70 bits per heavy atom. The number of benzene rings is 1. The monoisotopic (exact) mass is 315 g/mol. The largest absolute Gasteiger partial charge is 0.865 e. The molecule has 118 valence electrons. The third-order valence-corrected chi connectivity index (χ3v) is 2.80. The van der Waals surface area contributed by atoms with Gasteiger partial charge in [0.15, 0.2) is 0 Å². The van der Waals surface area contributed by atoms with Crippen LogP contribution in [0.1, 0.15) is 15.9 Å². The molecular formula is C14H11N4O5-. The molecule has 23 heavy (non-hydrogen) atoms. The molecule has 2 rings (SSSR count). The Bertz CT molecular complexity index is 761. The first-order valence-corrected chi connectivity index (χ1v) is 6.29. The van der Waals surface area contributed by atoms with Crippen molar-refractivity contribution in [2.45, 2.75) is 0 Å². The van der Waals surface area contributed by atoms with E-state index in [0.717, 1.165) is 6.07 Å². The molecule has 0 aliphatic rings. The van der Waals surface area contributed by atoms with Gasteiger partial charge in [0.25, 0.3) is 11.6 Å². The van der Waals surface area contributed by atoms with Crippen molar-refractivity contribution in [2.24, 2.45) is 5.10 Å². The summed E-state index contributed by atoms with van der Waals surface area (Å²) >= 11 is 0. The molecule has 0 spiro atoms. The summed E-state index contributed by atoms with van der Waals surface area (Å²) in [5.74, 6) is -1.47. The first-order chi connectivity index (χ1) is 11.0. The van der Waals surface area contributed by atoms with Gasteiger partial charge >= 0.3 is 0 Å². The quantitative estimate of drug-likeness (QED) is 0.494. The van der Waals surface area contributed by atoms with E-state index >= 15 is 0 Å². The van der Waals surface area contributed by atoms with Crippen LogP contribution in [-0.2, 0) is 0 Å². The Morgan fingerprint density at radius 2 is 2.09 bits per heavy atom. The molecule has 0 bridgehead atoms. The van der Waals surface area contributed by atoms with Gasteiger partial charge in [0, 0.05) is 35.3 Å². The van der Waals surface area contributed by atoms with Crippen LogP contribution in [-0.4, -0.2) is 29.1 Å². The highest BCUT2D eigenvalue weighted by Gasteiger charge is 2.12. The number of hydrogen-bond acceptors (Lipinski definition) is 7. The van der Waals surface area contributed by atoms with E-state index in [2.05, 4.69) is 15.5 Å². The molecule has 1 N–H and O–H groups in total. The number of nitrogens with one attached hydrogen (secondary N) is 1. The molecule has 0 aliphatic heterocycles. The molecule has 1 aromatic heterocycles. The molecule has 2 aromatic rings. The minimum atomic E-state index is -0.824. The van der Waals surface area contributed by atoms with Crippen molar-refractivity contribution >= 4 is 17.8 Å². The first kappa shape index (κ1) is 15.9. The number of methoxy groups -OCH3 is 1. The number of ether oxygens (including phenoxy) is 1. The summed E-state index contributed by atoms with van der Waals surface area (Å²) in [6, 6.07) is 5.35. The zero-order valence-electron chi connectivity index (χ0n) is 11.9. The summed E-state index contributed by atoms with van der Waals surface area (Å²) in [6.07, 6.45) is 4.09. The fraction of sp³-hybridized carbons (Fsp3) is 0.0714. The number of nitro benzene ring substituents is 1. The van der Waals surface area contributed by atoms with Gasteiger partial charge in [-0.25, -0.2) is 5.43 Å². The summed E-state index contributed by atoms with van der Waals surface area (Å²) in [5, 5.41) is 26.2. The van der Waals surface area contributed by atoms with Gasteiger partial charge < -0.3 is 9.84 Å². The van der Waals surface area contributed by atoms with Crippen molar-refractivity contribution in [1.29, 1.82) is 0 Å². The number of carbonyl (C=O) groups is 1. The molecule has 9 nitrogen and oxygen atoms in total. The Labute approximate surface area is 130 Å². The van der Waals surface area contributed by atoms with Gasteiger partial charge in [0.1, 0.15) is 5.75 Å². The Morgan fingerprint density at radius 1 is 1.39 bits per heavy atom. The zero-order valence-corrected chi connectivity index (χ0v) is 11.9. The number of nitrogens with zero attached hydrogens (tertiary/aromatic N) is 3. The third-order valence-electron chi connectivity index (χ3n) is 2.80. The number of carbonyl (C=O) groups excluding carboxylic acids is 1. The highest BCUT2D eigenvalue weighted by atomic mass is 16.6. The summed E-state index contributed by atoms with van der Waals surface area (Å²) in [4.78, 5) is 25.6. The van der Waals surface area contributed by atoms with Gasteiger partial charge in [0.05, 0.1) is 18.2 Å². The fourth-order valence-corrected chi connectivity index (χ4v) is 1.70. The molecule has 0 saturated carbocycles. The highest BCUT2D eigenvalue weighted by Crippen LogP contribution is 2.33. The lowest BCUT2D eigenvalue weighted by atomic mass is 10.2. The highest BCUT2D eigenvalue weighted by molar-refractivity contribution is 5.94. The number of pyridine rings is 1. The molecule has 9 heteroatoms. The molecule has 0 radical (unpaired) electrons. The number of hydrogen-bond donors (Lipinski definition) is 1. The predicted octanol–water partition coefficient (Wildman–Crippen LogP) is 0.836. The van der Waals surface area contributed by atoms with Gasteiger partial charge in [-0.1, -0.05) is 0 Å². The normalized spacial score (nSPS) is 10.5. The average Bonchev–Trinajstić information content (AvgIpc) is 2.56. The molecule has 0 fully saturated rings. The minimum Gasteiger partial charge on any atom is -0.865 e. The van der Waals surface area contributed by atoms with Crippen molar-refractivity contribution < 1.29 is 19.6 Å². The van der Waals surface area contributed by atoms with Gasteiger partial charge in [-0.05, 0) is 18.2 Å². The molecule has 0 unspecified atom stereocenters. The van der Waals surface area contributed by atoms with Crippen LogP contribution in [0.15, 0.2) is 41.8 Å². The number of amides is 1. The van der Waals surface area contributed by atoms with Crippen LogP contribution < -0.4 is 15.3 Å². The Kier molecular flexibility index (Phi) is 4.82. The minimum absolute atomic E-state index is 0.180. The second-order valence-corrected chi connectivity index (χ2v) is 4.26. The second kappa shape index (κ2) is 6.98. The molecule has 0 atom stereocenters. The van der Waals surface area contributed by atoms with Crippen LogP contribution in [0.3, 0.4) is 0 Å². The summed E-state index contributed by atoms with van der Waals surface area (Å²) < 4.78 is 4.80. The van der Waals surface area contributed by atoms with Crippen molar-refractivity contribution in [3.05, 3.63) is 57.9 Å². The molecule has 1 aromatic carbocycles. The first-order valence-electron chi connectivity index (χ1n) is 6.29. The van der Waals surface area contributed by atoms with Crippen LogP contribution in [0.5, 0.6) is 11.5 Å². The van der Waals surface area contributed by atoms with Crippen molar-refractivity contribution in [1.82, 2.24) is 10.4 Å². The van der Waals surface area contributed by atoms with Crippen LogP contribution in [0.2, 0.25) is 0 Å². The Hall–Kier alpha value is -3.49.